The van der Waals surface area contributed by atoms with E-state index < -0.39 is 0 Å². The Morgan fingerprint density at radius 1 is 0.812 bits per heavy atom. The molecule has 0 aromatic heterocycles. The molecule has 2 aromatic rings. The molecule has 0 heterocycles. The molecule has 0 bridgehead atoms. The van der Waals surface area contributed by atoms with Crippen molar-refractivity contribution in [3.05, 3.63) is 77.1 Å². The van der Waals surface area contributed by atoms with Gasteiger partial charge in [0.05, 0.1) is 6.57 Å². The van der Waals surface area contributed by atoms with Crippen LogP contribution in [0, 0.1) is 6.57 Å². The number of hydrogen-bond acceptors (Lipinski definition) is 0. The molecule has 0 atom stereocenters. The molecule has 0 aliphatic rings. The minimum absolute atomic E-state index is 0.727. The maximum Gasteiger partial charge on any atom is 0.187 e. The summed E-state index contributed by atoms with van der Waals surface area (Å²) < 4.78 is 0. The molecule has 0 unspecified atom stereocenters. The molecule has 0 fully saturated rings. The van der Waals surface area contributed by atoms with Gasteiger partial charge < -0.3 is 0 Å². The Labute approximate surface area is 96.2 Å². The van der Waals surface area contributed by atoms with Crippen LogP contribution in [0.3, 0.4) is 0 Å². The lowest BCUT2D eigenvalue weighted by atomic mass is 10.0. The third-order valence-electron chi connectivity index (χ3n) is 2.58. The molecule has 0 aliphatic carbocycles. The first kappa shape index (κ1) is 10.4. The molecule has 0 saturated heterocycles. The van der Waals surface area contributed by atoms with Crippen molar-refractivity contribution in [1.29, 1.82) is 0 Å². The lowest BCUT2D eigenvalue weighted by Gasteiger charge is -2.02. The summed E-state index contributed by atoms with van der Waals surface area (Å²) in [5, 5.41) is 0. The summed E-state index contributed by atoms with van der Waals surface area (Å²) in [5.74, 6) is 0. The van der Waals surface area contributed by atoms with E-state index in [0.717, 1.165) is 18.5 Å². The molecule has 1 nitrogen and oxygen atoms in total. The summed E-state index contributed by atoms with van der Waals surface area (Å²) in [6.07, 6.45) is 2.02. The van der Waals surface area contributed by atoms with Crippen molar-refractivity contribution in [2.24, 2.45) is 0 Å². The molecule has 78 valence electrons. The summed E-state index contributed by atoms with van der Waals surface area (Å²) >= 11 is 0. The molecule has 16 heavy (non-hydrogen) atoms. The Kier molecular flexibility index (Phi) is 3.35. The second kappa shape index (κ2) is 5.14. The van der Waals surface area contributed by atoms with Crippen LogP contribution in [-0.2, 0) is 12.8 Å². The summed E-state index contributed by atoms with van der Waals surface area (Å²) in [6, 6.07) is 18.3. The number of benzene rings is 2. The van der Waals surface area contributed by atoms with Crippen LogP contribution in [0.2, 0.25) is 0 Å². The highest BCUT2D eigenvalue weighted by Gasteiger charge is 1.96. The molecule has 0 aliphatic heterocycles. The Bertz CT molecular complexity index is 494. The van der Waals surface area contributed by atoms with Crippen LogP contribution < -0.4 is 0 Å². The molecule has 0 amide bonds. The van der Waals surface area contributed by atoms with Gasteiger partial charge >= 0.3 is 0 Å². The minimum Gasteiger partial charge on any atom is -0.238 e. The second-order valence-corrected chi connectivity index (χ2v) is 3.77. The molecular weight excluding hydrogens is 194 g/mol. The van der Waals surface area contributed by atoms with Gasteiger partial charge in [0.2, 0.25) is 0 Å². The summed E-state index contributed by atoms with van der Waals surface area (Å²) in [4.78, 5) is 3.44. The number of hydrogen-bond donors (Lipinski definition) is 0. The summed E-state index contributed by atoms with van der Waals surface area (Å²) in [6.45, 7) is 6.96. The zero-order chi connectivity index (χ0) is 11.2. The summed E-state index contributed by atoms with van der Waals surface area (Å²) in [5.41, 5.74) is 3.30. The second-order valence-electron chi connectivity index (χ2n) is 3.77. The number of nitrogens with zero attached hydrogens (tertiary/aromatic N) is 1. The van der Waals surface area contributed by atoms with Crippen LogP contribution in [0.1, 0.15) is 11.1 Å². The van der Waals surface area contributed by atoms with E-state index in [-0.39, 0.29) is 0 Å². The molecular formula is C15H13N. The van der Waals surface area contributed by atoms with Gasteiger partial charge in [-0.1, -0.05) is 60.2 Å². The predicted molar refractivity (Wildman–Crippen MR) is 66.6 cm³/mol. The van der Waals surface area contributed by atoms with Crippen molar-refractivity contribution in [1.82, 2.24) is 0 Å². The highest BCUT2D eigenvalue weighted by Crippen LogP contribution is 2.15. The Balaban J connectivity index is 2.03. The first-order valence-corrected chi connectivity index (χ1v) is 5.39. The van der Waals surface area contributed by atoms with Crippen LogP contribution in [0.25, 0.3) is 4.85 Å². The molecule has 2 rings (SSSR count). The zero-order valence-electron chi connectivity index (χ0n) is 9.06. The van der Waals surface area contributed by atoms with E-state index >= 15 is 0 Å². The van der Waals surface area contributed by atoms with E-state index in [2.05, 4.69) is 35.2 Å². The third kappa shape index (κ3) is 2.71. The van der Waals surface area contributed by atoms with Crippen molar-refractivity contribution in [2.45, 2.75) is 12.8 Å². The molecule has 0 saturated carbocycles. The van der Waals surface area contributed by atoms with Crippen molar-refractivity contribution in [2.75, 3.05) is 0 Å². The molecule has 0 radical (unpaired) electrons. The monoisotopic (exact) mass is 207 g/mol. The van der Waals surface area contributed by atoms with E-state index in [0.29, 0.717) is 0 Å². The van der Waals surface area contributed by atoms with Gasteiger partial charge in [0.15, 0.2) is 5.69 Å². The lowest BCUT2D eigenvalue weighted by Crippen LogP contribution is -1.90. The van der Waals surface area contributed by atoms with E-state index in [4.69, 9.17) is 6.57 Å². The molecule has 0 spiro atoms. The maximum absolute atomic E-state index is 6.96. The topological polar surface area (TPSA) is 4.36 Å². The number of aryl methyl sites for hydroxylation is 2. The minimum atomic E-state index is 0.727. The quantitative estimate of drug-likeness (QED) is 0.669. The van der Waals surface area contributed by atoms with Gasteiger partial charge in [0.25, 0.3) is 0 Å². The van der Waals surface area contributed by atoms with Crippen LogP contribution in [0.15, 0.2) is 54.6 Å². The van der Waals surface area contributed by atoms with E-state index in [9.17, 15) is 0 Å². The van der Waals surface area contributed by atoms with Gasteiger partial charge in [-0.2, -0.15) is 0 Å². The van der Waals surface area contributed by atoms with E-state index in [1.807, 2.05) is 24.3 Å². The maximum atomic E-state index is 6.96. The predicted octanol–water partition coefficient (Wildman–Crippen LogP) is 4.02. The fourth-order valence-electron chi connectivity index (χ4n) is 1.71. The fraction of sp³-hybridized carbons (Fsp3) is 0.133. The normalized spacial score (nSPS) is 9.69. The SMILES string of the molecule is [C-]#[N+]c1cccc(CCc2ccccc2)c1. The average Bonchev–Trinajstić information content (AvgIpc) is 2.38. The summed E-state index contributed by atoms with van der Waals surface area (Å²) in [7, 11) is 0. The van der Waals surface area contributed by atoms with E-state index in [1.54, 1.807) is 0 Å². The van der Waals surface area contributed by atoms with Gasteiger partial charge in [-0.15, -0.1) is 0 Å². The van der Waals surface area contributed by atoms with Gasteiger partial charge in [-0.3, -0.25) is 0 Å². The Morgan fingerprint density at radius 2 is 1.50 bits per heavy atom. The smallest absolute Gasteiger partial charge is 0.187 e. The van der Waals surface area contributed by atoms with Gasteiger partial charge in [-0.05, 0) is 18.4 Å². The first-order chi connectivity index (χ1) is 7.88. The van der Waals surface area contributed by atoms with Crippen molar-refractivity contribution in [3.8, 4) is 0 Å². The number of rotatable bonds is 3. The molecule has 1 heteroatoms. The van der Waals surface area contributed by atoms with Crippen molar-refractivity contribution >= 4 is 5.69 Å². The van der Waals surface area contributed by atoms with Gasteiger partial charge in [-0.25, -0.2) is 4.85 Å². The van der Waals surface area contributed by atoms with Gasteiger partial charge in [0.1, 0.15) is 0 Å². The zero-order valence-corrected chi connectivity index (χ0v) is 9.06. The van der Waals surface area contributed by atoms with Crippen LogP contribution in [0.5, 0.6) is 0 Å². The largest absolute Gasteiger partial charge is 0.238 e. The van der Waals surface area contributed by atoms with Crippen LogP contribution in [-0.4, -0.2) is 0 Å². The van der Waals surface area contributed by atoms with Gasteiger partial charge in [0, 0.05) is 0 Å². The molecule has 2 aromatic carbocycles. The fourth-order valence-corrected chi connectivity index (χ4v) is 1.71. The highest BCUT2D eigenvalue weighted by atomic mass is 14.6. The average molecular weight is 207 g/mol. The van der Waals surface area contributed by atoms with Crippen LogP contribution in [0.4, 0.5) is 5.69 Å². The first-order valence-electron chi connectivity index (χ1n) is 5.39. The van der Waals surface area contributed by atoms with E-state index in [1.165, 1.54) is 11.1 Å². The van der Waals surface area contributed by atoms with Crippen LogP contribution >= 0.6 is 0 Å². The van der Waals surface area contributed by atoms with Crippen molar-refractivity contribution < 1.29 is 0 Å². The molecule has 0 N–H and O–H groups in total. The third-order valence-corrected chi connectivity index (χ3v) is 2.58. The van der Waals surface area contributed by atoms with Crippen molar-refractivity contribution in [3.63, 3.8) is 0 Å². The highest BCUT2D eigenvalue weighted by molar-refractivity contribution is 5.46. The lowest BCUT2D eigenvalue weighted by molar-refractivity contribution is 0.961. The Hall–Kier alpha value is -2.07. The Morgan fingerprint density at radius 3 is 2.25 bits per heavy atom. The standard InChI is InChI=1S/C15H13N/c1-16-15-9-5-8-14(12-15)11-10-13-6-3-2-4-7-13/h2-9,12H,10-11H2.